The van der Waals surface area contributed by atoms with Gasteiger partial charge in [0.05, 0.1) is 11.4 Å². The van der Waals surface area contributed by atoms with Crippen LogP contribution in [0, 0.1) is 0 Å². The molecule has 0 amide bonds. The van der Waals surface area contributed by atoms with Crippen molar-refractivity contribution in [3.8, 4) is 0 Å². The first-order valence-electron chi connectivity index (χ1n) is 5.51. The van der Waals surface area contributed by atoms with Crippen LogP contribution in [0.1, 0.15) is 11.4 Å². The molecule has 0 aliphatic heterocycles. The van der Waals surface area contributed by atoms with E-state index in [-0.39, 0.29) is 0 Å². The lowest BCUT2D eigenvalue weighted by Crippen LogP contribution is -1.98. The maximum absolute atomic E-state index is 11.1. The van der Waals surface area contributed by atoms with E-state index in [0.29, 0.717) is 22.5 Å². The summed E-state index contributed by atoms with van der Waals surface area (Å²) in [5.41, 5.74) is 2.59. The van der Waals surface area contributed by atoms with Crippen LogP contribution in [-0.2, 0) is 4.79 Å². The molecule has 2 heterocycles. The summed E-state index contributed by atoms with van der Waals surface area (Å²) >= 11 is 0. The first-order chi connectivity index (χ1) is 8.86. The largest absolute Gasteiger partial charge is 0.298 e. The van der Waals surface area contributed by atoms with E-state index in [1.165, 1.54) is 6.08 Å². The van der Waals surface area contributed by atoms with E-state index in [2.05, 4.69) is 16.5 Å². The monoisotopic (exact) mass is 236 g/mol. The molecule has 0 fully saturated rings. The molecule has 0 radical (unpaired) electrons. The molecule has 0 aliphatic carbocycles. The Morgan fingerprint density at radius 1 is 1.00 bits per heavy atom. The molecule has 0 spiro atoms. The second-order valence-electron chi connectivity index (χ2n) is 3.58. The standard InChI is InChI=1S/C15H12N2O/c1-2-12(11-18)15(13-7-3-5-9-16-13)14-8-4-6-10-17-14/h2-11H,1H2. The highest BCUT2D eigenvalue weighted by molar-refractivity contribution is 5.95. The molecular formula is C15H12N2O. The van der Waals surface area contributed by atoms with E-state index in [0.717, 1.165) is 6.29 Å². The second kappa shape index (κ2) is 5.68. The minimum absolute atomic E-state index is 0.479. The number of allylic oxidation sites excluding steroid dienone is 2. The van der Waals surface area contributed by atoms with Crippen molar-refractivity contribution in [1.29, 1.82) is 0 Å². The van der Waals surface area contributed by atoms with Crippen molar-refractivity contribution in [1.82, 2.24) is 9.97 Å². The van der Waals surface area contributed by atoms with Crippen molar-refractivity contribution in [3.63, 3.8) is 0 Å². The van der Waals surface area contributed by atoms with Crippen molar-refractivity contribution in [2.24, 2.45) is 0 Å². The Bertz CT molecular complexity index is 522. The lowest BCUT2D eigenvalue weighted by atomic mass is 10.0. The summed E-state index contributed by atoms with van der Waals surface area (Å²) in [5, 5.41) is 0. The first-order valence-corrected chi connectivity index (χ1v) is 5.51. The van der Waals surface area contributed by atoms with Crippen molar-refractivity contribution >= 4 is 11.9 Å². The van der Waals surface area contributed by atoms with Gasteiger partial charge < -0.3 is 0 Å². The van der Waals surface area contributed by atoms with E-state index in [1.54, 1.807) is 12.4 Å². The average Bonchev–Trinajstić information content (AvgIpc) is 2.46. The summed E-state index contributed by atoms with van der Waals surface area (Å²) in [6, 6.07) is 11.1. The van der Waals surface area contributed by atoms with Gasteiger partial charge in [-0.25, -0.2) is 0 Å². The van der Waals surface area contributed by atoms with Crippen LogP contribution in [0.2, 0.25) is 0 Å². The number of rotatable bonds is 4. The Morgan fingerprint density at radius 3 is 1.89 bits per heavy atom. The number of aldehydes is 1. The van der Waals surface area contributed by atoms with Crippen LogP contribution in [0.25, 0.3) is 5.57 Å². The fourth-order valence-corrected chi connectivity index (χ4v) is 1.66. The fourth-order valence-electron chi connectivity index (χ4n) is 1.66. The van der Waals surface area contributed by atoms with Crippen molar-refractivity contribution in [2.45, 2.75) is 0 Å². The summed E-state index contributed by atoms with van der Waals surface area (Å²) in [7, 11) is 0. The van der Waals surface area contributed by atoms with Crippen LogP contribution in [0.4, 0.5) is 0 Å². The second-order valence-corrected chi connectivity index (χ2v) is 3.58. The van der Waals surface area contributed by atoms with Gasteiger partial charge in [0.1, 0.15) is 0 Å². The number of hydrogen-bond acceptors (Lipinski definition) is 3. The molecule has 18 heavy (non-hydrogen) atoms. The van der Waals surface area contributed by atoms with E-state index in [1.807, 2.05) is 36.4 Å². The minimum atomic E-state index is 0.479. The van der Waals surface area contributed by atoms with Gasteiger partial charge in [0.2, 0.25) is 0 Å². The molecule has 0 saturated carbocycles. The number of pyridine rings is 2. The van der Waals surface area contributed by atoms with Gasteiger partial charge in [-0.15, -0.1) is 0 Å². The topological polar surface area (TPSA) is 42.9 Å². The Morgan fingerprint density at radius 2 is 1.56 bits per heavy atom. The molecule has 0 saturated heterocycles. The molecule has 0 atom stereocenters. The molecule has 3 nitrogen and oxygen atoms in total. The SMILES string of the molecule is C=CC(C=O)=C(c1ccccn1)c1ccccn1. The molecular weight excluding hydrogens is 224 g/mol. The highest BCUT2D eigenvalue weighted by atomic mass is 16.1. The highest BCUT2D eigenvalue weighted by Crippen LogP contribution is 2.23. The number of hydrogen-bond donors (Lipinski definition) is 0. The summed E-state index contributed by atoms with van der Waals surface area (Å²) in [5.74, 6) is 0. The Labute approximate surface area is 106 Å². The maximum Gasteiger partial charge on any atom is 0.150 e. The Balaban J connectivity index is 2.67. The van der Waals surface area contributed by atoms with Crippen LogP contribution >= 0.6 is 0 Å². The zero-order chi connectivity index (χ0) is 12.8. The number of carbonyl (C=O) groups excluding carboxylic acids is 1. The molecule has 0 unspecified atom stereocenters. The van der Waals surface area contributed by atoms with Gasteiger partial charge in [-0.2, -0.15) is 0 Å². The lowest BCUT2D eigenvalue weighted by molar-refractivity contribution is -0.104. The Kier molecular flexibility index (Phi) is 3.76. The molecule has 2 aromatic heterocycles. The average molecular weight is 236 g/mol. The van der Waals surface area contributed by atoms with Crippen LogP contribution < -0.4 is 0 Å². The maximum atomic E-state index is 11.1. The zero-order valence-corrected chi connectivity index (χ0v) is 9.78. The molecule has 2 rings (SSSR count). The van der Waals surface area contributed by atoms with E-state index < -0.39 is 0 Å². The third-order valence-corrected chi connectivity index (χ3v) is 2.48. The first kappa shape index (κ1) is 11.9. The van der Waals surface area contributed by atoms with E-state index >= 15 is 0 Å². The molecule has 0 aromatic carbocycles. The van der Waals surface area contributed by atoms with Crippen molar-refractivity contribution in [2.75, 3.05) is 0 Å². The van der Waals surface area contributed by atoms with Gasteiger partial charge in [-0.05, 0) is 24.3 Å². The summed E-state index contributed by atoms with van der Waals surface area (Å²) in [6.07, 6.45) is 5.66. The predicted octanol–water partition coefficient (Wildman–Crippen LogP) is 2.66. The van der Waals surface area contributed by atoms with E-state index in [4.69, 9.17) is 0 Å². The van der Waals surface area contributed by atoms with Crippen LogP contribution in [-0.4, -0.2) is 16.3 Å². The summed E-state index contributed by atoms with van der Waals surface area (Å²) in [6.45, 7) is 3.66. The fraction of sp³-hybridized carbons (Fsp3) is 0. The normalized spacial score (nSPS) is 9.56. The summed E-state index contributed by atoms with van der Waals surface area (Å²) < 4.78 is 0. The number of nitrogens with zero attached hydrogens (tertiary/aromatic N) is 2. The third kappa shape index (κ3) is 2.40. The number of carbonyl (C=O) groups is 1. The van der Waals surface area contributed by atoms with E-state index in [9.17, 15) is 4.79 Å². The highest BCUT2D eigenvalue weighted by Gasteiger charge is 2.11. The molecule has 0 aliphatic rings. The minimum Gasteiger partial charge on any atom is -0.298 e. The van der Waals surface area contributed by atoms with Crippen LogP contribution in [0.15, 0.2) is 67.0 Å². The third-order valence-electron chi connectivity index (χ3n) is 2.48. The summed E-state index contributed by atoms with van der Waals surface area (Å²) in [4.78, 5) is 19.7. The molecule has 2 aromatic rings. The van der Waals surface area contributed by atoms with Crippen molar-refractivity contribution in [3.05, 3.63) is 78.4 Å². The predicted molar refractivity (Wildman–Crippen MR) is 70.8 cm³/mol. The van der Waals surface area contributed by atoms with Crippen LogP contribution in [0.3, 0.4) is 0 Å². The Hall–Kier alpha value is -2.55. The quantitative estimate of drug-likeness (QED) is 0.465. The van der Waals surface area contributed by atoms with Gasteiger partial charge >= 0.3 is 0 Å². The molecule has 0 bridgehead atoms. The van der Waals surface area contributed by atoms with Gasteiger partial charge in [-0.3, -0.25) is 14.8 Å². The zero-order valence-electron chi connectivity index (χ0n) is 9.78. The van der Waals surface area contributed by atoms with Crippen LogP contribution in [0.5, 0.6) is 0 Å². The molecule has 88 valence electrons. The number of aromatic nitrogens is 2. The van der Waals surface area contributed by atoms with Gasteiger partial charge in [0.25, 0.3) is 0 Å². The van der Waals surface area contributed by atoms with Gasteiger partial charge in [-0.1, -0.05) is 24.8 Å². The smallest absolute Gasteiger partial charge is 0.150 e. The molecule has 0 N–H and O–H groups in total. The van der Waals surface area contributed by atoms with Crippen molar-refractivity contribution < 1.29 is 4.79 Å². The van der Waals surface area contributed by atoms with Gasteiger partial charge in [0.15, 0.2) is 6.29 Å². The lowest BCUT2D eigenvalue weighted by Gasteiger charge is -2.08. The van der Waals surface area contributed by atoms with Gasteiger partial charge in [0, 0.05) is 23.5 Å². The molecule has 3 heteroatoms.